The van der Waals surface area contributed by atoms with Gasteiger partial charge in [-0.2, -0.15) is 5.10 Å². The molecule has 2 aliphatic heterocycles. The Morgan fingerprint density at radius 3 is 2.76 bits per heavy atom. The summed E-state index contributed by atoms with van der Waals surface area (Å²) in [5.41, 5.74) is 3.61. The summed E-state index contributed by atoms with van der Waals surface area (Å²) < 4.78 is 20.3. The van der Waals surface area contributed by atoms with E-state index >= 15 is 4.39 Å². The van der Waals surface area contributed by atoms with Gasteiger partial charge in [0.25, 0.3) is 0 Å². The number of cyclic esters (lactones) is 1. The number of piperazine rings is 1. The lowest BCUT2D eigenvalue weighted by Gasteiger charge is -2.24. The standard InChI is InChI=1S/C24H28FN5O3/c1-16-11-18(3-4-19(16)13-28-29-9-7-26-8-10-29)22-6-5-20(12-23(22)25)30-15-21(33-24(30)32)14-27-17(2)31/h3-6,11-13,21,26H,7-10,14-15H2,1-2H3,(H,27,31)/b28-13+/t21-/m0/s1. The average Bonchev–Trinajstić information content (AvgIpc) is 3.18. The number of amides is 2. The molecule has 0 aromatic heterocycles. The summed E-state index contributed by atoms with van der Waals surface area (Å²) in [5, 5.41) is 12.5. The summed E-state index contributed by atoms with van der Waals surface area (Å²) >= 11 is 0. The van der Waals surface area contributed by atoms with Gasteiger partial charge in [0.15, 0.2) is 0 Å². The molecule has 2 aliphatic rings. The number of aryl methyl sites for hydroxylation is 1. The van der Waals surface area contributed by atoms with Crippen LogP contribution < -0.4 is 15.5 Å². The van der Waals surface area contributed by atoms with Crippen LogP contribution in [0.25, 0.3) is 11.1 Å². The van der Waals surface area contributed by atoms with Crippen molar-refractivity contribution in [3.63, 3.8) is 0 Å². The second-order valence-corrected chi connectivity index (χ2v) is 8.24. The van der Waals surface area contributed by atoms with E-state index in [0.717, 1.165) is 42.9 Å². The Kier molecular flexibility index (Phi) is 6.88. The molecule has 9 heteroatoms. The highest BCUT2D eigenvalue weighted by Gasteiger charge is 2.32. The zero-order valence-electron chi connectivity index (χ0n) is 18.8. The van der Waals surface area contributed by atoms with Crippen LogP contribution in [0.1, 0.15) is 18.1 Å². The molecule has 0 saturated carbocycles. The van der Waals surface area contributed by atoms with Crippen LogP contribution in [0.3, 0.4) is 0 Å². The highest BCUT2D eigenvalue weighted by molar-refractivity contribution is 5.90. The Hall–Kier alpha value is -3.46. The molecular weight excluding hydrogens is 425 g/mol. The van der Waals surface area contributed by atoms with E-state index in [9.17, 15) is 9.59 Å². The fourth-order valence-corrected chi connectivity index (χ4v) is 3.90. The van der Waals surface area contributed by atoms with Crippen molar-refractivity contribution < 1.29 is 18.7 Å². The molecule has 2 fully saturated rings. The van der Waals surface area contributed by atoms with Crippen LogP contribution in [0.5, 0.6) is 0 Å². The SMILES string of the molecule is CC(=O)NC[C@H]1CN(c2ccc(-c3ccc(/C=N/N4CCNCC4)c(C)c3)c(F)c2)C(=O)O1. The lowest BCUT2D eigenvalue weighted by molar-refractivity contribution is -0.119. The van der Waals surface area contributed by atoms with Gasteiger partial charge >= 0.3 is 6.09 Å². The quantitative estimate of drug-likeness (QED) is 0.657. The third kappa shape index (κ3) is 5.48. The maximum Gasteiger partial charge on any atom is 0.414 e. The minimum atomic E-state index is -0.554. The summed E-state index contributed by atoms with van der Waals surface area (Å²) in [6, 6.07) is 10.5. The fourth-order valence-electron chi connectivity index (χ4n) is 3.90. The first-order chi connectivity index (χ1) is 15.9. The second kappa shape index (κ2) is 9.99. The molecule has 0 radical (unpaired) electrons. The molecule has 33 heavy (non-hydrogen) atoms. The molecule has 4 rings (SSSR count). The Morgan fingerprint density at radius 2 is 2.06 bits per heavy atom. The maximum atomic E-state index is 15.0. The Balaban J connectivity index is 1.46. The maximum absolute atomic E-state index is 15.0. The molecule has 2 aromatic carbocycles. The normalized spacial score (nSPS) is 18.6. The van der Waals surface area contributed by atoms with Gasteiger partial charge in [0.2, 0.25) is 5.91 Å². The summed E-state index contributed by atoms with van der Waals surface area (Å²) in [7, 11) is 0. The van der Waals surface area contributed by atoms with Gasteiger partial charge in [-0.15, -0.1) is 0 Å². The highest BCUT2D eigenvalue weighted by atomic mass is 19.1. The van der Waals surface area contributed by atoms with Crippen molar-refractivity contribution in [1.82, 2.24) is 15.6 Å². The van der Waals surface area contributed by atoms with Crippen molar-refractivity contribution >= 4 is 23.9 Å². The molecule has 2 N–H and O–H groups in total. The lowest BCUT2D eigenvalue weighted by Crippen LogP contribution is -2.40. The van der Waals surface area contributed by atoms with Crippen LogP contribution >= 0.6 is 0 Å². The number of hydrogen-bond acceptors (Lipinski definition) is 6. The zero-order chi connectivity index (χ0) is 23.4. The molecule has 2 saturated heterocycles. The number of nitrogens with zero attached hydrogens (tertiary/aromatic N) is 3. The van der Waals surface area contributed by atoms with Crippen molar-refractivity contribution in [2.45, 2.75) is 20.0 Å². The predicted molar refractivity (Wildman–Crippen MR) is 125 cm³/mol. The highest BCUT2D eigenvalue weighted by Crippen LogP contribution is 2.30. The third-order valence-electron chi connectivity index (χ3n) is 5.75. The van der Waals surface area contributed by atoms with E-state index in [2.05, 4.69) is 15.7 Å². The van der Waals surface area contributed by atoms with Crippen molar-refractivity contribution in [3.8, 4) is 11.1 Å². The number of rotatable bonds is 6. The molecule has 1 atom stereocenters. The third-order valence-corrected chi connectivity index (χ3v) is 5.75. The van der Waals surface area contributed by atoms with E-state index in [0.29, 0.717) is 11.3 Å². The lowest BCUT2D eigenvalue weighted by atomic mass is 9.99. The van der Waals surface area contributed by atoms with Gasteiger partial charge in [-0.3, -0.25) is 14.7 Å². The second-order valence-electron chi connectivity index (χ2n) is 8.24. The van der Waals surface area contributed by atoms with Gasteiger partial charge in [-0.25, -0.2) is 9.18 Å². The molecule has 8 nitrogen and oxygen atoms in total. The monoisotopic (exact) mass is 453 g/mol. The number of ether oxygens (including phenoxy) is 1. The predicted octanol–water partition coefficient (Wildman–Crippen LogP) is 2.50. The molecule has 2 heterocycles. The van der Waals surface area contributed by atoms with E-state index < -0.39 is 18.0 Å². The van der Waals surface area contributed by atoms with Crippen molar-refractivity contribution in [2.75, 3.05) is 44.2 Å². The van der Waals surface area contributed by atoms with Gasteiger partial charge in [0.1, 0.15) is 11.9 Å². The first-order valence-electron chi connectivity index (χ1n) is 11.0. The van der Waals surface area contributed by atoms with Crippen LogP contribution in [0.2, 0.25) is 0 Å². The summed E-state index contributed by atoms with van der Waals surface area (Å²) in [6.45, 7) is 7.46. The Morgan fingerprint density at radius 1 is 1.27 bits per heavy atom. The molecule has 2 amide bonds. The number of carbonyl (C=O) groups is 2. The number of benzene rings is 2. The minimum absolute atomic E-state index is 0.198. The first kappa shape index (κ1) is 22.7. The Labute approximate surface area is 192 Å². The van der Waals surface area contributed by atoms with Gasteiger partial charge in [-0.05, 0) is 41.8 Å². The fraction of sp³-hybridized carbons (Fsp3) is 0.375. The van der Waals surface area contributed by atoms with Crippen molar-refractivity contribution in [1.29, 1.82) is 0 Å². The molecule has 0 spiro atoms. The van der Waals surface area contributed by atoms with Crippen LogP contribution in [-0.4, -0.2) is 68.6 Å². The van der Waals surface area contributed by atoms with Gasteiger partial charge < -0.3 is 15.4 Å². The number of hydrazone groups is 1. The first-order valence-corrected chi connectivity index (χ1v) is 11.0. The van der Waals surface area contributed by atoms with E-state index in [1.165, 1.54) is 17.9 Å². The number of anilines is 1. The molecule has 0 bridgehead atoms. The van der Waals surface area contributed by atoms with Crippen LogP contribution in [0.4, 0.5) is 14.9 Å². The number of halogens is 1. The largest absolute Gasteiger partial charge is 0.442 e. The van der Waals surface area contributed by atoms with E-state index in [4.69, 9.17) is 4.74 Å². The van der Waals surface area contributed by atoms with Gasteiger partial charge in [-0.1, -0.05) is 18.2 Å². The Bertz CT molecular complexity index is 1070. The molecule has 0 aliphatic carbocycles. The average molecular weight is 454 g/mol. The van der Waals surface area contributed by atoms with Crippen molar-refractivity contribution in [2.24, 2.45) is 5.10 Å². The van der Waals surface area contributed by atoms with Crippen LogP contribution in [0.15, 0.2) is 41.5 Å². The number of carbonyl (C=O) groups excluding carboxylic acids is 2. The summed E-state index contributed by atoms with van der Waals surface area (Å²) in [5.74, 6) is -0.622. The van der Waals surface area contributed by atoms with Gasteiger partial charge in [0, 0.05) is 38.7 Å². The van der Waals surface area contributed by atoms with Crippen LogP contribution in [0, 0.1) is 12.7 Å². The molecule has 0 unspecified atom stereocenters. The number of nitrogens with one attached hydrogen (secondary N) is 2. The van der Waals surface area contributed by atoms with E-state index in [1.54, 1.807) is 12.1 Å². The topological polar surface area (TPSA) is 86.3 Å². The zero-order valence-corrected chi connectivity index (χ0v) is 18.8. The van der Waals surface area contributed by atoms with Crippen molar-refractivity contribution in [3.05, 3.63) is 53.3 Å². The molecule has 174 valence electrons. The summed E-state index contributed by atoms with van der Waals surface area (Å²) in [4.78, 5) is 24.7. The van der Waals surface area contributed by atoms with E-state index in [1.807, 2.05) is 36.3 Å². The smallest absolute Gasteiger partial charge is 0.414 e. The molecular formula is C24H28FN5O3. The number of hydrogen-bond donors (Lipinski definition) is 2. The van der Waals surface area contributed by atoms with E-state index in [-0.39, 0.29) is 19.0 Å². The molecule has 2 aromatic rings. The van der Waals surface area contributed by atoms with Crippen LogP contribution in [-0.2, 0) is 9.53 Å². The summed E-state index contributed by atoms with van der Waals surface area (Å²) in [6.07, 6.45) is 0.823. The minimum Gasteiger partial charge on any atom is -0.442 e. The van der Waals surface area contributed by atoms with Gasteiger partial charge in [0.05, 0.1) is 25.0 Å².